The highest BCUT2D eigenvalue weighted by Crippen LogP contribution is 2.35. The molecule has 1 aliphatic heterocycles. The molecule has 21 heavy (non-hydrogen) atoms. The van der Waals surface area contributed by atoms with Crippen molar-refractivity contribution in [3.05, 3.63) is 34.1 Å². The lowest BCUT2D eigenvalue weighted by atomic mass is 9.98. The molecular formula is C15H20FN3O2. The number of hydrogen-bond acceptors (Lipinski definition) is 4. The van der Waals surface area contributed by atoms with Gasteiger partial charge in [0.1, 0.15) is 0 Å². The Labute approximate surface area is 123 Å². The number of hydrogen-bond donors (Lipinski definition) is 1. The molecule has 1 saturated heterocycles. The number of nitro groups is 1. The zero-order valence-corrected chi connectivity index (χ0v) is 11.9. The average molecular weight is 293 g/mol. The molecule has 1 aromatic rings. The van der Waals surface area contributed by atoms with Crippen LogP contribution in [0.4, 0.5) is 15.8 Å². The van der Waals surface area contributed by atoms with Crippen LogP contribution in [0, 0.1) is 21.8 Å². The van der Waals surface area contributed by atoms with Gasteiger partial charge in [0.15, 0.2) is 5.82 Å². The Balaban J connectivity index is 1.78. The van der Waals surface area contributed by atoms with Crippen LogP contribution in [0.2, 0.25) is 0 Å². The molecule has 2 aliphatic rings. The van der Waals surface area contributed by atoms with Gasteiger partial charge in [-0.05, 0) is 50.8 Å². The van der Waals surface area contributed by atoms with Crippen LogP contribution < -0.4 is 10.2 Å². The van der Waals surface area contributed by atoms with Crippen molar-refractivity contribution in [1.82, 2.24) is 5.32 Å². The van der Waals surface area contributed by atoms with Crippen LogP contribution in [-0.4, -0.2) is 30.6 Å². The maximum absolute atomic E-state index is 14.2. The van der Waals surface area contributed by atoms with Crippen LogP contribution in [0.15, 0.2) is 18.2 Å². The topological polar surface area (TPSA) is 58.4 Å². The van der Waals surface area contributed by atoms with E-state index in [1.165, 1.54) is 6.07 Å². The second kappa shape index (κ2) is 5.97. The third-order valence-corrected chi connectivity index (χ3v) is 4.29. The molecule has 2 fully saturated rings. The van der Waals surface area contributed by atoms with Crippen molar-refractivity contribution in [2.24, 2.45) is 5.92 Å². The van der Waals surface area contributed by atoms with E-state index in [0.29, 0.717) is 17.6 Å². The van der Waals surface area contributed by atoms with Crippen molar-refractivity contribution in [2.75, 3.05) is 24.5 Å². The third kappa shape index (κ3) is 3.32. The standard InChI is InChI=1S/C15H20FN3O2/c16-14-8-13(19(20)21)5-6-15(14)18(12-3-4-12)10-11-2-1-7-17-9-11/h5-6,8,11-12,17H,1-4,7,9-10H2. The van der Waals surface area contributed by atoms with E-state index in [4.69, 9.17) is 0 Å². The van der Waals surface area contributed by atoms with Gasteiger partial charge in [-0.15, -0.1) is 0 Å². The average Bonchev–Trinajstić information content (AvgIpc) is 3.31. The van der Waals surface area contributed by atoms with Gasteiger partial charge in [-0.3, -0.25) is 10.1 Å². The second-order valence-corrected chi connectivity index (χ2v) is 5.99. The normalized spacial score (nSPS) is 22.0. The molecule has 0 amide bonds. The van der Waals surface area contributed by atoms with Crippen molar-refractivity contribution in [2.45, 2.75) is 31.7 Å². The number of anilines is 1. The minimum atomic E-state index is -0.556. The van der Waals surface area contributed by atoms with Gasteiger partial charge in [0.2, 0.25) is 0 Å². The summed E-state index contributed by atoms with van der Waals surface area (Å²) in [6, 6.07) is 4.38. The van der Waals surface area contributed by atoms with Crippen LogP contribution in [-0.2, 0) is 0 Å². The van der Waals surface area contributed by atoms with E-state index < -0.39 is 10.7 Å². The van der Waals surface area contributed by atoms with Crippen molar-refractivity contribution in [3.8, 4) is 0 Å². The third-order valence-electron chi connectivity index (χ3n) is 4.29. The van der Waals surface area contributed by atoms with Crippen LogP contribution in [0.5, 0.6) is 0 Å². The first-order valence-electron chi connectivity index (χ1n) is 7.56. The van der Waals surface area contributed by atoms with Gasteiger partial charge < -0.3 is 10.2 Å². The smallest absolute Gasteiger partial charge is 0.272 e. The first kappa shape index (κ1) is 14.3. The molecule has 1 saturated carbocycles. The molecule has 1 atom stereocenters. The van der Waals surface area contributed by atoms with Gasteiger partial charge in [-0.1, -0.05) is 0 Å². The van der Waals surface area contributed by atoms with E-state index in [9.17, 15) is 14.5 Å². The molecule has 1 N–H and O–H groups in total. The highest BCUT2D eigenvalue weighted by atomic mass is 19.1. The monoisotopic (exact) mass is 293 g/mol. The summed E-state index contributed by atoms with van der Waals surface area (Å²) in [5.74, 6) is 0.0359. The Morgan fingerprint density at radius 2 is 2.19 bits per heavy atom. The molecule has 1 aliphatic carbocycles. The van der Waals surface area contributed by atoms with E-state index in [1.54, 1.807) is 6.07 Å². The molecular weight excluding hydrogens is 273 g/mol. The molecule has 114 valence electrons. The summed E-state index contributed by atoms with van der Waals surface area (Å²) >= 11 is 0. The molecule has 0 spiro atoms. The molecule has 0 aromatic heterocycles. The zero-order chi connectivity index (χ0) is 14.8. The quantitative estimate of drug-likeness (QED) is 0.670. The Hall–Kier alpha value is -1.69. The lowest BCUT2D eigenvalue weighted by Gasteiger charge is -2.32. The number of nitrogens with zero attached hydrogens (tertiary/aromatic N) is 2. The van der Waals surface area contributed by atoms with Crippen molar-refractivity contribution in [1.29, 1.82) is 0 Å². The van der Waals surface area contributed by atoms with E-state index in [1.807, 2.05) is 0 Å². The van der Waals surface area contributed by atoms with Gasteiger partial charge in [-0.2, -0.15) is 0 Å². The summed E-state index contributed by atoms with van der Waals surface area (Å²) in [6.07, 6.45) is 4.48. The lowest BCUT2D eigenvalue weighted by Crippen LogP contribution is -2.39. The van der Waals surface area contributed by atoms with Crippen LogP contribution >= 0.6 is 0 Å². The highest BCUT2D eigenvalue weighted by molar-refractivity contribution is 5.54. The first-order chi connectivity index (χ1) is 10.1. The highest BCUT2D eigenvalue weighted by Gasteiger charge is 2.33. The maximum Gasteiger partial charge on any atom is 0.272 e. The molecule has 1 unspecified atom stereocenters. The summed E-state index contributed by atoms with van der Waals surface area (Å²) in [5.41, 5.74) is 0.319. The van der Waals surface area contributed by atoms with E-state index in [0.717, 1.165) is 51.4 Å². The number of nitro benzene ring substituents is 1. The largest absolute Gasteiger partial charge is 0.366 e. The fourth-order valence-corrected chi connectivity index (χ4v) is 3.03. The predicted molar refractivity (Wildman–Crippen MR) is 79.0 cm³/mol. The second-order valence-electron chi connectivity index (χ2n) is 5.99. The molecule has 6 heteroatoms. The minimum absolute atomic E-state index is 0.189. The van der Waals surface area contributed by atoms with E-state index >= 15 is 0 Å². The van der Waals surface area contributed by atoms with E-state index in [2.05, 4.69) is 10.2 Å². The van der Waals surface area contributed by atoms with Crippen molar-refractivity contribution in [3.63, 3.8) is 0 Å². The predicted octanol–water partition coefficient (Wildman–Crippen LogP) is 2.70. The molecule has 3 rings (SSSR count). The fraction of sp³-hybridized carbons (Fsp3) is 0.600. The maximum atomic E-state index is 14.2. The van der Waals surface area contributed by atoms with Gasteiger partial charge in [0.25, 0.3) is 5.69 Å². The number of benzene rings is 1. The Morgan fingerprint density at radius 1 is 1.38 bits per heavy atom. The van der Waals surface area contributed by atoms with Crippen LogP contribution in [0.25, 0.3) is 0 Å². The minimum Gasteiger partial charge on any atom is -0.366 e. The Bertz CT molecular complexity index is 528. The number of rotatable bonds is 5. The summed E-state index contributed by atoms with van der Waals surface area (Å²) in [5, 5.41) is 14.1. The molecule has 1 heterocycles. The number of halogens is 1. The lowest BCUT2D eigenvalue weighted by molar-refractivity contribution is -0.385. The van der Waals surface area contributed by atoms with Gasteiger partial charge in [0, 0.05) is 18.7 Å². The van der Waals surface area contributed by atoms with Crippen LogP contribution in [0.3, 0.4) is 0 Å². The fourth-order valence-electron chi connectivity index (χ4n) is 3.03. The molecule has 1 aromatic carbocycles. The van der Waals surface area contributed by atoms with Gasteiger partial charge >= 0.3 is 0 Å². The van der Waals surface area contributed by atoms with Crippen molar-refractivity contribution < 1.29 is 9.31 Å². The number of piperidine rings is 1. The summed E-state index contributed by atoms with van der Waals surface area (Å²) in [4.78, 5) is 12.3. The van der Waals surface area contributed by atoms with Gasteiger partial charge in [0.05, 0.1) is 16.7 Å². The summed E-state index contributed by atoms with van der Waals surface area (Å²) < 4.78 is 14.2. The molecule has 5 nitrogen and oxygen atoms in total. The van der Waals surface area contributed by atoms with Crippen molar-refractivity contribution >= 4 is 11.4 Å². The summed E-state index contributed by atoms with van der Waals surface area (Å²) in [7, 11) is 0. The Morgan fingerprint density at radius 3 is 2.76 bits per heavy atom. The zero-order valence-electron chi connectivity index (χ0n) is 11.9. The Kier molecular flexibility index (Phi) is 4.05. The first-order valence-corrected chi connectivity index (χ1v) is 7.56. The van der Waals surface area contributed by atoms with Crippen LogP contribution in [0.1, 0.15) is 25.7 Å². The van der Waals surface area contributed by atoms with Gasteiger partial charge in [-0.25, -0.2) is 4.39 Å². The van der Waals surface area contributed by atoms with E-state index in [-0.39, 0.29) is 5.69 Å². The SMILES string of the molecule is O=[N+]([O-])c1ccc(N(CC2CCCNC2)C2CC2)c(F)c1. The molecule has 0 radical (unpaired) electrons. The summed E-state index contributed by atoms with van der Waals surface area (Å²) in [6.45, 7) is 2.86. The number of nitrogens with one attached hydrogen (secondary N) is 1. The molecule has 0 bridgehead atoms. The number of non-ortho nitro benzene ring substituents is 1.